The number of aromatic nitrogens is 2. The molecule has 2 aromatic heterocycles. The molecule has 6 nitrogen and oxygen atoms in total. The molecule has 2 unspecified atom stereocenters. The van der Waals surface area contributed by atoms with Gasteiger partial charge in [-0.3, -0.25) is 9.59 Å². The highest BCUT2D eigenvalue weighted by molar-refractivity contribution is 6.04. The lowest BCUT2D eigenvalue weighted by atomic mass is 9.79. The van der Waals surface area contributed by atoms with Gasteiger partial charge in [-0.25, -0.2) is 4.98 Å². The van der Waals surface area contributed by atoms with Gasteiger partial charge in [-0.2, -0.15) is 0 Å². The third-order valence-corrected chi connectivity index (χ3v) is 6.28. The van der Waals surface area contributed by atoms with Gasteiger partial charge >= 0.3 is 0 Å². The summed E-state index contributed by atoms with van der Waals surface area (Å²) in [5.41, 5.74) is 4.31. The molecule has 2 aromatic carbocycles. The molecule has 2 amide bonds. The fraction of sp³-hybridized carbons (Fsp3) is 0.192. The number of amides is 2. The van der Waals surface area contributed by atoms with Gasteiger partial charge in [0.25, 0.3) is 5.91 Å². The molecule has 5 rings (SSSR count). The first-order valence-corrected chi connectivity index (χ1v) is 10.6. The molecule has 0 aliphatic carbocycles. The van der Waals surface area contributed by atoms with Crippen LogP contribution in [-0.4, -0.2) is 33.3 Å². The Labute approximate surface area is 186 Å². The SMILES string of the molecule is Cc1ccnc(NC(=O)C2c3ccccc3C(=O)N(C)C2c2cn(C)c3ccccc23)c1. The largest absolute Gasteiger partial charge is 0.350 e. The molecule has 4 aromatic rings. The van der Waals surface area contributed by atoms with Crippen molar-refractivity contribution in [3.05, 3.63) is 95.3 Å². The molecular weight excluding hydrogens is 400 g/mol. The Kier molecular flexibility index (Phi) is 4.78. The number of fused-ring (bicyclic) bond motifs is 2. The lowest BCUT2D eigenvalue weighted by Gasteiger charge is -2.39. The molecule has 6 heteroatoms. The van der Waals surface area contributed by atoms with Gasteiger partial charge in [0.15, 0.2) is 0 Å². The first kappa shape index (κ1) is 20.0. The monoisotopic (exact) mass is 424 g/mol. The highest BCUT2D eigenvalue weighted by atomic mass is 16.2. The van der Waals surface area contributed by atoms with Gasteiger partial charge in [0, 0.05) is 48.5 Å². The van der Waals surface area contributed by atoms with Crippen LogP contribution in [-0.2, 0) is 11.8 Å². The predicted molar refractivity (Wildman–Crippen MR) is 125 cm³/mol. The Balaban J connectivity index is 1.68. The predicted octanol–water partition coefficient (Wildman–Crippen LogP) is 4.43. The van der Waals surface area contributed by atoms with Crippen LogP contribution in [0.2, 0.25) is 0 Å². The topological polar surface area (TPSA) is 67.2 Å². The van der Waals surface area contributed by atoms with Crippen molar-refractivity contribution in [3.63, 3.8) is 0 Å². The Morgan fingerprint density at radius 3 is 2.56 bits per heavy atom. The lowest BCUT2D eigenvalue weighted by molar-refractivity contribution is -0.119. The molecule has 1 aliphatic heterocycles. The zero-order valence-corrected chi connectivity index (χ0v) is 18.2. The van der Waals surface area contributed by atoms with Crippen molar-refractivity contribution in [2.75, 3.05) is 12.4 Å². The molecular formula is C26H24N4O2. The fourth-order valence-corrected chi connectivity index (χ4v) is 4.76. The van der Waals surface area contributed by atoms with Gasteiger partial charge < -0.3 is 14.8 Å². The van der Waals surface area contributed by atoms with E-state index < -0.39 is 12.0 Å². The van der Waals surface area contributed by atoms with Gasteiger partial charge in [-0.15, -0.1) is 0 Å². The molecule has 1 N–H and O–H groups in total. The molecule has 0 fully saturated rings. The zero-order chi connectivity index (χ0) is 22.4. The van der Waals surface area contributed by atoms with Crippen LogP contribution in [0.3, 0.4) is 0 Å². The summed E-state index contributed by atoms with van der Waals surface area (Å²) in [5, 5.41) is 4.02. The molecule has 0 spiro atoms. The van der Waals surface area contributed by atoms with Gasteiger partial charge in [-0.05, 0) is 42.3 Å². The Hall–Kier alpha value is -3.93. The summed E-state index contributed by atoms with van der Waals surface area (Å²) in [6.45, 7) is 1.96. The maximum atomic E-state index is 13.7. The van der Waals surface area contributed by atoms with Crippen molar-refractivity contribution >= 4 is 28.5 Å². The van der Waals surface area contributed by atoms with E-state index in [-0.39, 0.29) is 11.8 Å². The van der Waals surface area contributed by atoms with E-state index in [9.17, 15) is 9.59 Å². The second-order valence-corrected chi connectivity index (χ2v) is 8.35. The summed E-state index contributed by atoms with van der Waals surface area (Å²) in [5.74, 6) is -0.352. The summed E-state index contributed by atoms with van der Waals surface area (Å²) >= 11 is 0. The summed E-state index contributed by atoms with van der Waals surface area (Å²) in [7, 11) is 3.76. The molecule has 160 valence electrons. The number of benzene rings is 2. The molecule has 2 atom stereocenters. The molecule has 0 saturated carbocycles. The standard InChI is InChI=1S/C26H24N4O2/c1-16-12-13-27-22(14-16)28-25(31)23-18-9-4-5-10-19(18)26(32)30(3)24(23)20-15-29(2)21-11-7-6-8-17(20)21/h4-15,23-24H,1-3H3,(H,27,28,31). The number of anilines is 1. The van der Waals surface area contributed by atoms with E-state index >= 15 is 0 Å². The van der Waals surface area contributed by atoms with Crippen molar-refractivity contribution < 1.29 is 9.59 Å². The van der Waals surface area contributed by atoms with Crippen LogP contribution in [0.5, 0.6) is 0 Å². The number of nitrogens with zero attached hydrogens (tertiary/aromatic N) is 3. The highest BCUT2D eigenvalue weighted by Crippen LogP contribution is 2.44. The molecule has 3 heterocycles. The van der Waals surface area contributed by atoms with E-state index in [1.807, 2.05) is 79.3 Å². The summed E-state index contributed by atoms with van der Waals surface area (Å²) in [6, 6.07) is 18.7. The average Bonchev–Trinajstić information content (AvgIpc) is 3.12. The van der Waals surface area contributed by atoms with Crippen LogP contribution in [0.1, 0.15) is 39.0 Å². The van der Waals surface area contributed by atoms with Crippen molar-refractivity contribution in [2.45, 2.75) is 18.9 Å². The van der Waals surface area contributed by atoms with Crippen LogP contribution in [0, 0.1) is 6.92 Å². The highest BCUT2D eigenvalue weighted by Gasteiger charge is 2.43. The minimum Gasteiger partial charge on any atom is -0.350 e. The number of rotatable bonds is 3. The fourth-order valence-electron chi connectivity index (χ4n) is 4.76. The second kappa shape index (κ2) is 7.64. The maximum absolute atomic E-state index is 13.7. The number of carbonyl (C=O) groups excluding carboxylic acids is 2. The van der Waals surface area contributed by atoms with Gasteiger partial charge in [0.1, 0.15) is 5.82 Å². The number of hydrogen-bond donors (Lipinski definition) is 1. The average molecular weight is 425 g/mol. The smallest absolute Gasteiger partial charge is 0.254 e. The summed E-state index contributed by atoms with van der Waals surface area (Å²) in [6.07, 6.45) is 3.70. The number of likely N-dealkylation sites (N-methyl/N-ethyl adjacent to an activating group) is 1. The van der Waals surface area contributed by atoms with Crippen molar-refractivity contribution in [1.29, 1.82) is 0 Å². The molecule has 0 bridgehead atoms. The van der Waals surface area contributed by atoms with E-state index in [4.69, 9.17) is 0 Å². The van der Waals surface area contributed by atoms with E-state index in [1.165, 1.54) is 0 Å². The zero-order valence-electron chi connectivity index (χ0n) is 18.2. The Morgan fingerprint density at radius 1 is 1.00 bits per heavy atom. The van der Waals surface area contributed by atoms with E-state index in [2.05, 4.69) is 10.3 Å². The maximum Gasteiger partial charge on any atom is 0.254 e. The first-order valence-electron chi connectivity index (χ1n) is 10.6. The van der Waals surface area contributed by atoms with Crippen molar-refractivity contribution in [1.82, 2.24) is 14.5 Å². The number of aryl methyl sites for hydroxylation is 2. The molecule has 1 aliphatic rings. The minimum atomic E-state index is -0.581. The van der Waals surface area contributed by atoms with Crippen LogP contribution < -0.4 is 5.32 Å². The Morgan fingerprint density at radius 2 is 1.75 bits per heavy atom. The lowest BCUT2D eigenvalue weighted by Crippen LogP contribution is -2.44. The number of para-hydroxylation sites is 1. The number of nitrogens with one attached hydrogen (secondary N) is 1. The number of hydrogen-bond acceptors (Lipinski definition) is 3. The van der Waals surface area contributed by atoms with Crippen LogP contribution in [0.4, 0.5) is 5.82 Å². The summed E-state index contributed by atoms with van der Waals surface area (Å²) in [4.78, 5) is 33.0. The number of carbonyl (C=O) groups is 2. The van der Waals surface area contributed by atoms with Crippen molar-refractivity contribution in [2.24, 2.45) is 7.05 Å². The third-order valence-electron chi connectivity index (χ3n) is 6.28. The minimum absolute atomic E-state index is 0.0868. The van der Waals surface area contributed by atoms with Crippen molar-refractivity contribution in [3.8, 4) is 0 Å². The first-order chi connectivity index (χ1) is 15.5. The normalized spacial score (nSPS) is 18.0. The second-order valence-electron chi connectivity index (χ2n) is 8.35. The summed E-state index contributed by atoms with van der Waals surface area (Å²) < 4.78 is 2.04. The van der Waals surface area contributed by atoms with E-state index in [1.54, 1.807) is 24.2 Å². The van der Waals surface area contributed by atoms with Crippen LogP contribution >= 0.6 is 0 Å². The third kappa shape index (κ3) is 3.15. The quantitative estimate of drug-likeness (QED) is 0.529. The number of pyridine rings is 1. The van der Waals surface area contributed by atoms with E-state index in [0.717, 1.165) is 27.6 Å². The molecule has 0 saturated heterocycles. The van der Waals surface area contributed by atoms with E-state index in [0.29, 0.717) is 11.4 Å². The van der Waals surface area contributed by atoms with Gasteiger partial charge in [-0.1, -0.05) is 36.4 Å². The van der Waals surface area contributed by atoms with Crippen LogP contribution in [0.15, 0.2) is 73.1 Å². The molecule has 0 radical (unpaired) electrons. The molecule has 32 heavy (non-hydrogen) atoms. The van der Waals surface area contributed by atoms with Crippen LogP contribution in [0.25, 0.3) is 10.9 Å². The van der Waals surface area contributed by atoms with Gasteiger partial charge in [0.2, 0.25) is 5.91 Å². The van der Waals surface area contributed by atoms with Gasteiger partial charge in [0.05, 0.1) is 12.0 Å². The Bertz CT molecular complexity index is 1360.